The molecule has 8 heteroatoms. The van der Waals surface area contributed by atoms with Gasteiger partial charge in [-0.2, -0.15) is 13.2 Å². The highest BCUT2D eigenvalue weighted by Gasteiger charge is 2.39. The molecular formula is C13H15F3N2O2S. The number of nitrogens with one attached hydrogen (secondary N) is 1. The third kappa shape index (κ3) is 3.75. The van der Waals surface area contributed by atoms with Gasteiger partial charge in [-0.05, 0) is 29.9 Å². The summed E-state index contributed by atoms with van der Waals surface area (Å²) in [6.45, 7) is 0.649. The molecule has 2 heterocycles. The van der Waals surface area contributed by atoms with Gasteiger partial charge in [0.05, 0.1) is 4.88 Å². The van der Waals surface area contributed by atoms with E-state index in [1.165, 1.54) is 11.3 Å². The van der Waals surface area contributed by atoms with Crippen molar-refractivity contribution in [1.29, 1.82) is 0 Å². The number of hydrogen-bond acceptors (Lipinski definition) is 3. The molecule has 1 fully saturated rings. The van der Waals surface area contributed by atoms with E-state index >= 15 is 0 Å². The predicted molar refractivity (Wildman–Crippen MR) is 72.2 cm³/mol. The Hall–Kier alpha value is -1.57. The Labute approximate surface area is 123 Å². The van der Waals surface area contributed by atoms with Crippen LogP contribution in [0, 0.1) is 0 Å². The fourth-order valence-corrected chi connectivity index (χ4v) is 3.18. The molecule has 0 radical (unpaired) electrons. The highest BCUT2D eigenvalue weighted by molar-refractivity contribution is 7.12. The van der Waals surface area contributed by atoms with E-state index in [2.05, 4.69) is 5.32 Å². The second-order valence-electron chi connectivity index (χ2n) is 4.82. The van der Waals surface area contributed by atoms with E-state index in [-0.39, 0.29) is 13.0 Å². The maximum atomic E-state index is 12.3. The summed E-state index contributed by atoms with van der Waals surface area (Å²) in [4.78, 5) is 25.2. The van der Waals surface area contributed by atoms with Crippen molar-refractivity contribution in [3.8, 4) is 0 Å². The normalized spacial score (nSPS) is 19.1. The fourth-order valence-electron chi connectivity index (χ4n) is 2.28. The maximum Gasteiger partial charge on any atom is 0.406 e. The maximum absolute atomic E-state index is 12.3. The van der Waals surface area contributed by atoms with Gasteiger partial charge in [-0.3, -0.25) is 9.59 Å². The number of amides is 2. The highest BCUT2D eigenvalue weighted by atomic mass is 32.1. The summed E-state index contributed by atoms with van der Waals surface area (Å²) in [7, 11) is 0. The first-order valence-corrected chi connectivity index (χ1v) is 7.42. The van der Waals surface area contributed by atoms with Crippen LogP contribution in [0.15, 0.2) is 11.4 Å². The van der Waals surface area contributed by atoms with Gasteiger partial charge in [0.1, 0.15) is 12.6 Å². The van der Waals surface area contributed by atoms with Crippen LogP contribution in [0.1, 0.15) is 28.6 Å². The van der Waals surface area contributed by atoms with Crippen molar-refractivity contribution in [2.45, 2.75) is 32.0 Å². The number of carbonyl (C=O) groups excluding carboxylic acids is 2. The van der Waals surface area contributed by atoms with Crippen LogP contribution in [-0.2, 0) is 11.2 Å². The molecule has 0 aliphatic carbocycles. The van der Waals surface area contributed by atoms with Crippen molar-refractivity contribution >= 4 is 23.2 Å². The van der Waals surface area contributed by atoms with Gasteiger partial charge in [-0.1, -0.05) is 6.92 Å². The zero-order valence-corrected chi connectivity index (χ0v) is 12.2. The van der Waals surface area contributed by atoms with Gasteiger partial charge in [0, 0.05) is 6.54 Å². The largest absolute Gasteiger partial charge is 0.406 e. The van der Waals surface area contributed by atoms with E-state index in [4.69, 9.17) is 0 Å². The highest BCUT2D eigenvalue weighted by Crippen LogP contribution is 2.22. The second-order valence-corrected chi connectivity index (χ2v) is 5.73. The summed E-state index contributed by atoms with van der Waals surface area (Å²) >= 11 is 1.26. The van der Waals surface area contributed by atoms with Gasteiger partial charge >= 0.3 is 6.18 Å². The monoisotopic (exact) mass is 320 g/mol. The third-order valence-electron chi connectivity index (χ3n) is 3.31. The number of halogens is 3. The topological polar surface area (TPSA) is 49.4 Å². The lowest BCUT2D eigenvalue weighted by molar-refractivity contribution is -0.157. The van der Waals surface area contributed by atoms with E-state index in [1.807, 2.05) is 13.0 Å². The van der Waals surface area contributed by atoms with Gasteiger partial charge in [-0.15, -0.1) is 11.3 Å². The summed E-state index contributed by atoms with van der Waals surface area (Å²) in [5, 5.41) is 4.31. The van der Waals surface area contributed by atoms with Crippen molar-refractivity contribution in [3.63, 3.8) is 0 Å². The van der Waals surface area contributed by atoms with E-state index < -0.39 is 30.6 Å². The molecule has 4 nitrogen and oxygen atoms in total. The minimum absolute atomic E-state index is 0.00830. The second kappa shape index (κ2) is 6.05. The van der Waals surface area contributed by atoms with Crippen LogP contribution < -0.4 is 5.32 Å². The molecule has 0 aromatic carbocycles. The van der Waals surface area contributed by atoms with Crippen LogP contribution in [0.4, 0.5) is 13.2 Å². The van der Waals surface area contributed by atoms with Crippen molar-refractivity contribution in [2.75, 3.05) is 13.1 Å². The Kier molecular flexibility index (Phi) is 4.55. The average molecular weight is 320 g/mol. The minimum Gasteiger partial charge on any atom is -0.339 e. The van der Waals surface area contributed by atoms with Gasteiger partial charge in [0.15, 0.2) is 0 Å². The molecule has 0 saturated carbocycles. The van der Waals surface area contributed by atoms with E-state index in [0.29, 0.717) is 11.3 Å². The Morgan fingerprint density at radius 3 is 2.86 bits per heavy atom. The van der Waals surface area contributed by atoms with Crippen molar-refractivity contribution in [3.05, 3.63) is 21.9 Å². The van der Waals surface area contributed by atoms with Crippen LogP contribution in [0.5, 0.6) is 0 Å². The zero-order valence-electron chi connectivity index (χ0n) is 11.4. The molecule has 116 valence electrons. The molecule has 0 unspecified atom stereocenters. The number of alkyl halides is 3. The molecule has 1 aliphatic heterocycles. The Bertz CT molecular complexity index is 542. The quantitative estimate of drug-likeness (QED) is 0.925. The molecule has 2 rings (SSSR count). The summed E-state index contributed by atoms with van der Waals surface area (Å²) in [6.07, 6.45) is -3.53. The SMILES string of the molecule is CCc1ccsc1C(=O)N[C@@H]1CCN(CC(F)(F)F)C1=O. The van der Waals surface area contributed by atoms with Crippen LogP contribution in [0.3, 0.4) is 0 Å². The van der Waals surface area contributed by atoms with Crippen LogP contribution in [0.25, 0.3) is 0 Å². The molecular weight excluding hydrogens is 305 g/mol. The van der Waals surface area contributed by atoms with E-state index in [9.17, 15) is 22.8 Å². The Morgan fingerprint density at radius 2 is 2.24 bits per heavy atom. The number of hydrogen-bond donors (Lipinski definition) is 1. The van der Waals surface area contributed by atoms with Gasteiger partial charge in [0.25, 0.3) is 5.91 Å². The molecule has 1 aliphatic rings. The molecule has 0 bridgehead atoms. The summed E-state index contributed by atoms with van der Waals surface area (Å²) in [6, 6.07) is 0.957. The van der Waals surface area contributed by atoms with Crippen LogP contribution in [-0.4, -0.2) is 42.0 Å². The van der Waals surface area contributed by atoms with Crippen molar-refractivity contribution in [1.82, 2.24) is 10.2 Å². The molecule has 2 amide bonds. The number of likely N-dealkylation sites (tertiary alicyclic amines) is 1. The van der Waals surface area contributed by atoms with E-state index in [0.717, 1.165) is 10.5 Å². The minimum atomic E-state index is -4.42. The lowest BCUT2D eigenvalue weighted by atomic mass is 10.2. The third-order valence-corrected chi connectivity index (χ3v) is 4.26. The van der Waals surface area contributed by atoms with Crippen molar-refractivity contribution in [2.24, 2.45) is 0 Å². The molecule has 21 heavy (non-hydrogen) atoms. The van der Waals surface area contributed by atoms with Crippen molar-refractivity contribution < 1.29 is 22.8 Å². The molecule has 0 spiro atoms. The molecule has 1 aromatic heterocycles. The number of aryl methyl sites for hydroxylation is 1. The smallest absolute Gasteiger partial charge is 0.339 e. The first-order chi connectivity index (χ1) is 9.81. The molecule has 1 saturated heterocycles. The molecule has 1 aromatic rings. The summed E-state index contributed by atoms with van der Waals surface area (Å²) in [5.74, 6) is -1.07. The summed E-state index contributed by atoms with van der Waals surface area (Å²) in [5.41, 5.74) is 0.870. The number of thiophene rings is 1. The van der Waals surface area contributed by atoms with Crippen LogP contribution in [0.2, 0.25) is 0 Å². The van der Waals surface area contributed by atoms with E-state index in [1.54, 1.807) is 5.38 Å². The Morgan fingerprint density at radius 1 is 1.52 bits per heavy atom. The Balaban J connectivity index is 1.98. The first-order valence-electron chi connectivity index (χ1n) is 6.54. The van der Waals surface area contributed by atoms with Gasteiger partial charge in [-0.25, -0.2) is 0 Å². The number of carbonyl (C=O) groups is 2. The predicted octanol–water partition coefficient (Wildman–Crippen LogP) is 2.20. The lowest BCUT2D eigenvalue weighted by Crippen LogP contribution is -2.43. The molecule has 1 atom stereocenters. The van der Waals surface area contributed by atoms with Gasteiger partial charge < -0.3 is 10.2 Å². The first kappa shape index (κ1) is 15.8. The standard InChI is InChI=1S/C13H15F3N2O2S/c1-2-8-4-6-21-10(8)11(19)17-9-3-5-18(12(9)20)7-13(14,15)16/h4,6,9H,2-3,5,7H2,1H3,(H,17,19)/t9-/m1/s1. The average Bonchev–Trinajstić information content (AvgIpc) is 2.98. The zero-order chi connectivity index (χ0) is 15.6. The molecule has 1 N–H and O–H groups in total. The lowest BCUT2D eigenvalue weighted by Gasteiger charge is -2.18. The number of rotatable bonds is 4. The fraction of sp³-hybridized carbons (Fsp3) is 0.538. The van der Waals surface area contributed by atoms with Crippen LogP contribution >= 0.6 is 11.3 Å². The van der Waals surface area contributed by atoms with Gasteiger partial charge in [0.2, 0.25) is 5.91 Å². The summed E-state index contributed by atoms with van der Waals surface area (Å²) < 4.78 is 36.9. The number of nitrogens with zero attached hydrogens (tertiary/aromatic N) is 1.